The predicted octanol–water partition coefficient (Wildman–Crippen LogP) is 3.66. The number of H-pyrrole nitrogens is 1. The van der Waals surface area contributed by atoms with Crippen molar-refractivity contribution in [3.05, 3.63) is 35.8 Å². The van der Waals surface area contributed by atoms with Crippen LogP contribution in [0.3, 0.4) is 0 Å². The van der Waals surface area contributed by atoms with Crippen LogP contribution in [0, 0.1) is 5.82 Å². The number of benzene rings is 1. The van der Waals surface area contributed by atoms with Gasteiger partial charge >= 0.3 is 6.18 Å². The van der Waals surface area contributed by atoms with E-state index < -0.39 is 12.7 Å². The van der Waals surface area contributed by atoms with E-state index in [1.165, 1.54) is 17.0 Å². The Morgan fingerprint density at radius 1 is 1.34 bits per heavy atom. The Labute approximate surface area is 184 Å². The standard InChI is InChI=1S/C19H25F4N5.HI/c1-2-24-18(27-15-6-8-28(11-15)12-19(21,22)23)25-7-5-13-10-26-17-4-3-14(20)9-16(13)17;/h3-4,9-10,15,26H,2,5-8,11-12H2,1H3,(H2,24,25,27);1H. The van der Waals surface area contributed by atoms with E-state index in [1.54, 1.807) is 6.07 Å². The van der Waals surface area contributed by atoms with Gasteiger partial charge in [-0.25, -0.2) is 4.39 Å². The van der Waals surface area contributed by atoms with Crippen molar-refractivity contribution >= 4 is 40.8 Å². The smallest absolute Gasteiger partial charge is 0.361 e. The van der Waals surface area contributed by atoms with Gasteiger partial charge in [0.25, 0.3) is 0 Å². The van der Waals surface area contributed by atoms with Gasteiger partial charge in [0.05, 0.1) is 6.54 Å². The van der Waals surface area contributed by atoms with Crippen LogP contribution in [0.5, 0.6) is 0 Å². The van der Waals surface area contributed by atoms with Crippen LogP contribution in [-0.4, -0.2) is 60.8 Å². The van der Waals surface area contributed by atoms with Crippen LogP contribution >= 0.6 is 24.0 Å². The summed E-state index contributed by atoms with van der Waals surface area (Å²) in [7, 11) is 0. The molecule has 1 aliphatic heterocycles. The van der Waals surface area contributed by atoms with E-state index in [1.807, 2.05) is 13.1 Å². The summed E-state index contributed by atoms with van der Waals surface area (Å²) in [6, 6.07) is 4.55. The molecule has 1 aromatic carbocycles. The highest BCUT2D eigenvalue weighted by molar-refractivity contribution is 14.0. The molecule has 3 N–H and O–H groups in total. The van der Waals surface area contributed by atoms with E-state index in [0.29, 0.717) is 45.0 Å². The highest BCUT2D eigenvalue weighted by Crippen LogP contribution is 2.21. The first-order valence-corrected chi connectivity index (χ1v) is 9.43. The lowest BCUT2D eigenvalue weighted by Gasteiger charge is -2.19. The van der Waals surface area contributed by atoms with E-state index >= 15 is 0 Å². The van der Waals surface area contributed by atoms with Crippen LogP contribution in [0.1, 0.15) is 18.9 Å². The molecule has 1 aliphatic rings. The first kappa shape index (κ1) is 23.7. The molecule has 0 amide bonds. The molecule has 0 aliphatic carbocycles. The van der Waals surface area contributed by atoms with Crippen molar-refractivity contribution in [3.8, 4) is 0 Å². The number of fused-ring (bicyclic) bond motifs is 1. The number of hydrogen-bond donors (Lipinski definition) is 3. The molecule has 2 heterocycles. The van der Waals surface area contributed by atoms with Crippen LogP contribution in [0.2, 0.25) is 0 Å². The molecular weight excluding hydrogens is 501 g/mol. The second-order valence-electron chi connectivity index (χ2n) is 6.99. The maximum Gasteiger partial charge on any atom is 0.401 e. The minimum absolute atomic E-state index is 0. The van der Waals surface area contributed by atoms with Crippen molar-refractivity contribution in [2.75, 3.05) is 32.7 Å². The first-order valence-electron chi connectivity index (χ1n) is 9.43. The molecule has 1 fully saturated rings. The summed E-state index contributed by atoms with van der Waals surface area (Å²) in [4.78, 5) is 9.05. The second kappa shape index (κ2) is 10.5. The lowest BCUT2D eigenvalue weighted by molar-refractivity contribution is -0.143. The van der Waals surface area contributed by atoms with Gasteiger partial charge in [0.1, 0.15) is 5.82 Å². The first-order chi connectivity index (χ1) is 13.3. The molecule has 1 atom stereocenters. The Morgan fingerprint density at radius 2 is 2.14 bits per heavy atom. The van der Waals surface area contributed by atoms with Crippen LogP contribution in [-0.2, 0) is 6.42 Å². The number of hydrogen-bond acceptors (Lipinski definition) is 2. The number of likely N-dealkylation sites (tertiary alicyclic amines) is 1. The third-order valence-corrected chi connectivity index (χ3v) is 4.74. The highest BCUT2D eigenvalue weighted by atomic mass is 127. The van der Waals surface area contributed by atoms with Gasteiger partial charge in [-0.05, 0) is 43.5 Å². The monoisotopic (exact) mass is 527 g/mol. The summed E-state index contributed by atoms with van der Waals surface area (Å²) >= 11 is 0. The molecule has 5 nitrogen and oxygen atoms in total. The Kier molecular flexibility index (Phi) is 8.56. The third-order valence-electron chi connectivity index (χ3n) is 4.74. The van der Waals surface area contributed by atoms with Gasteiger partial charge in [-0.15, -0.1) is 24.0 Å². The van der Waals surface area contributed by atoms with Crippen LogP contribution in [0.4, 0.5) is 17.6 Å². The van der Waals surface area contributed by atoms with Gasteiger partial charge in [0, 0.05) is 49.3 Å². The number of aromatic amines is 1. The van der Waals surface area contributed by atoms with Gasteiger partial charge in [0.15, 0.2) is 5.96 Å². The second-order valence-corrected chi connectivity index (χ2v) is 6.99. The molecule has 0 bridgehead atoms. The number of aliphatic imine (C=N–C) groups is 1. The summed E-state index contributed by atoms with van der Waals surface area (Å²) in [5.74, 6) is 0.309. The van der Waals surface area contributed by atoms with Gasteiger partial charge in [0.2, 0.25) is 0 Å². The van der Waals surface area contributed by atoms with Crippen LogP contribution < -0.4 is 10.6 Å². The van der Waals surface area contributed by atoms with E-state index in [0.717, 1.165) is 16.5 Å². The molecule has 29 heavy (non-hydrogen) atoms. The zero-order valence-corrected chi connectivity index (χ0v) is 18.5. The van der Waals surface area contributed by atoms with E-state index in [2.05, 4.69) is 20.6 Å². The summed E-state index contributed by atoms with van der Waals surface area (Å²) < 4.78 is 51.1. The van der Waals surface area contributed by atoms with Gasteiger partial charge in [-0.1, -0.05) is 0 Å². The Balaban J connectivity index is 0.00000300. The van der Waals surface area contributed by atoms with Crippen LogP contribution in [0.15, 0.2) is 29.4 Å². The lowest BCUT2D eigenvalue weighted by Crippen LogP contribution is -2.45. The van der Waals surface area contributed by atoms with Gasteiger partial charge in [-0.3, -0.25) is 9.89 Å². The number of rotatable bonds is 6. The number of aromatic nitrogens is 1. The zero-order chi connectivity index (χ0) is 20.1. The molecule has 162 valence electrons. The topological polar surface area (TPSA) is 55.5 Å². The van der Waals surface area contributed by atoms with Crippen molar-refractivity contribution in [3.63, 3.8) is 0 Å². The van der Waals surface area contributed by atoms with Crippen molar-refractivity contribution in [2.24, 2.45) is 4.99 Å². The molecular formula is C19H26F4IN5. The normalized spacial score (nSPS) is 18.1. The molecule has 10 heteroatoms. The number of alkyl halides is 3. The third kappa shape index (κ3) is 7.02. The minimum Gasteiger partial charge on any atom is -0.361 e. The molecule has 0 saturated carbocycles. The molecule has 2 aromatic rings. The predicted molar refractivity (Wildman–Crippen MR) is 117 cm³/mol. The SMILES string of the molecule is CCNC(=NCCc1c[nH]c2ccc(F)cc12)NC1CCN(CC(F)(F)F)C1.I. The number of guanidine groups is 1. The summed E-state index contributed by atoms with van der Waals surface area (Å²) in [6.07, 6.45) is -1.05. The van der Waals surface area contributed by atoms with Crippen molar-refractivity contribution in [2.45, 2.75) is 32.0 Å². The highest BCUT2D eigenvalue weighted by Gasteiger charge is 2.34. The fourth-order valence-electron chi connectivity index (χ4n) is 3.51. The molecule has 1 aromatic heterocycles. The minimum atomic E-state index is -4.17. The van der Waals surface area contributed by atoms with E-state index in [9.17, 15) is 17.6 Å². The van der Waals surface area contributed by atoms with Crippen molar-refractivity contribution in [1.29, 1.82) is 0 Å². The zero-order valence-electron chi connectivity index (χ0n) is 16.2. The van der Waals surface area contributed by atoms with Gasteiger partial charge in [-0.2, -0.15) is 13.2 Å². The number of nitrogens with zero attached hydrogens (tertiary/aromatic N) is 2. The Hall–Kier alpha value is -1.56. The average Bonchev–Trinajstić information content (AvgIpc) is 3.20. The number of halogens is 5. The maximum absolute atomic E-state index is 13.5. The van der Waals surface area contributed by atoms with E-state index in [-0.39, 0.29) is 35.8 Å². The van der Waals surface area contributed by atoms with E-state index in [4.69, 9.17) is 0 Å². The lowest BCUT2D eigenvalue weighted by atomic mass is 10.1. The fraction of sp³-hybridized carbons (Fsp3) is 0.526. The molecule has 0 spiro atoms. The molecule has 1 unspecified atom stereocenters. The largest absolute Gasteiger partial charge is 0.401 e. The summed E-state index contributed by atoms with van der Waals surface area (Å²) in [6.45, 7) is 2.95. The van der Waals surface area contributed by atoms with Crippen LogP contribution in [0.25, 0.3) is 10.9 Å². The summed E-state index contributed by atoms with van der Waals surface area (Å²) in [5, 5.41) is 7.19. The van der Waals surface area contributed by atoms with Gasteiger partial charge < -0.3 is 15.6 Å². The summed E-state index contributed by atoms with van der Waals surface area (Å²) in [5.41, 5.74) is 1.85. The maximum atomic E-state index is 13.5. The molecule has 0 radical (unpaired) electrons. The fourth-order valence-corrected chi connectivity index (χ4v) is 3.51. The Morgan fingerprint density at radius 3 is 2.86 bits per heavy atom. The molecule has 1 saturated heterocycles. The quantitative estimate of drug-likeness (QED) is 0.233. The molecule has 3 rings (SSSR count). The average molecular weight is 527 g/mol. The van der Waals surface area contributed by atoms with Crippen molar-refractivity contribution < 1.29 is 17.6 Å². The Bertz CT molecular complexity index is 821. The number of nitrogens with one attached hydrogen (secondary N) is 3. The van der Waals surface area contributed by atoms with Crippen molar-refractivity contribution in [1.82, 2.24) is 20.5 Å².